The standard InChI is InChI=1S/C20H27N3O3S/c1-13(2)14(3)21-18(24)12-27-20-22-17-9-5-4-8-16(17)19(25)23(20)11-15-7-6-10-26-15/h4-5,8-9,13-15H,6-7,10-12H2,1-3H3,(H,21,24)/t14-,15+/m1/s1. The lowest BCUT2D eigenvalue weighted by Crippen LogP contribution is -2.37. The first kappa shape index (κ1) is 19.9. The second-order valence-electron chi connectivity index (χ2n) is 7.35. The number of para-hydroxylation sites is 1. The summed E-state index contributed by atoms with van der Waals surface area (Å²) >= 11 is 1.31. The SMILES string of the molecule is CC(C)[C@@H](C)NC(=O)CSc1nc2ccccc2c(=O)n1C[C@@H]1CCCO1. The maximum absolute atomic E-state index is 13.0. The Bertz CT molecular complexity index is 859. The van der Waals surface area contributed by atoms with E-state index in [2.05, 4.69) is 24.1 Å². The first-order chi connectivity index (χ1) is 13.0. The number of benzene rings is 1. The van der Waals surface area contributed by atoms with Gasteiger partial charge in [0.15, 0.2) is 5.16 Å². The van der Waals surface area contributed by atoms with E-state index in [4.69, 9.17) is 4.74 Å². The lowest BCUT2D eigenvalue weighted by Gasteiger charge is -2.18. The molecule has 1 aliphatic heterocycles. The molecule has 27 heavy (non-hydrogen) atoms. The summed E-state index contributed by atoms with van der Waals surface area (Å²) in [7, 11) is 0. The smallest absolute Gasteiger partial charge is 0.262 e. The van der Waals surface area contributed by atoms with Gasteiger partial charge in [0.2, 0.25) is 5.91 Å². The molecule has 1 aromatic heterocycles. The van der Waals surface area contributed by atoms with E-state index in [1.807, 2.05) is 25.1 Å². The van der Waals surface area contributed by atoms with Crippen LogP contribution in [-0.2, 0) is 16.1 Å². The maximum Gasteiger partial charge on any atom is 0.262 e. The van der Waals surface area contributed by atoms with Gasteiger partial charge in [-0.25, -0.2) is 4.98 Å². The van der Waals surface area contributed by atoms with Crippen molar-refractivity contribution in [2.45, 2.75) is 57.5 Å². The highest BCUT2D eigenvalue weighted by molar-refractivity contribution is 7.99. The number of hydrogen-bond acceptors (Lipinski definition) is 5. The van der Waals surface area contributed by atoms with Crippen LogP contribution in [0, 0.1) is 5.92 Å². The minimum atomic E-state index is -0.0745. The number of carbonyl (C=O) groups excluding carboxylic acids is 1. The van der Waals surface area contributed by atoms with Crippen LogP contribution in [0.25, 0.3) is 10.9 Å². The van der Waals surface area contributed by atoms with E-state index in [1.165, 1.54) is 11.8 Å². The van der Waals surface area contributed by atoms with E-state index < -0.39 is 0 Å². The molecule has 1 N–H and O–H groups in total. The molecule has 0 bridgehead atoms. The zero-order chi connectivity index (χ0) is 19.4. The summed E-state index contributed by atoms with van der Waals surface area (Å²) in [4.78, 5) is 29.9. The fourth-order valence-electron chi connectivity index (χ4n) is 3.00. The van der Waals surface area contributed by atoms with Crippen LogP contribution in [0.2, 0.25) is 0 Å². The molecular formula is C20H27N3O3S. The Morgan fingerprint density at radius 3 is 2.85 bits per heavy atom. The Labute approximate surface area is 163 Å². The lowest BCUT2D eigenvalue weighted by atomic mass is 10.1. The third-order valence-corrected chi connectivity index (χ3v) is 5.93. The lowest BCUT2D eigenvalue weighted by molar-refractivity contribution is -0.119. The van der Waals surface area contributed by atoms with Crippen LogP contribution in [0.3, 0.4) is 0 Å². The zero-order valence-corrected chi connectivity index (χ0v) is 16.9. The molecular weight excluding hydrogens is 362 g/mol. The number of thioether (sulfide) groups is 1. The van der Waals surface area contributed by atoms with Gasteiger partial charge in [-0.3, -0.25) is 14.2 Å². The number of rotatable bonds is 7. The molecule has 2 aromatic rings. The third-order valence-electron chi connectivity index (χ3n) is 4.96. The zero-order valence-electron chi connectivity index (χ0n) is 16.1. The van der Waals surface area contributed by atoms with Crippen molar-refractivity contribution < 1.29 is 9.53 Å². The number of fused-ring (bicyclic) bond motifs is 1. The predicted molar refractivity (Wildman–Crippen MR) is 108 cm³/mol. The van der Waals surface area contributed by atoms with Crippen LogP contribution in [0.5, 0.6) is 0 Å². The number of carbonyl (C=O) groups is 1. The van der Waals surface area contributed by atoms with Gasteiger partial charge in [-0.1, -0.05) is 37.7 Å². The Morgan fingerprint density at radius 2 is 2.15 bits per heavy atom. The minimum Gasteiger partial charge on any atom is -0.376 e. The number of amides is 1. The van der Waals surface area contributed by atoms with Crippen molar-refractivity contribution in [3.63, 3.8) is 0 Å². The highest BCUT2D eigenvalue weighted by Gasteiger charge is 2.21. The van der Waals surface area contributed by atoms with E-state index in [-0.39, 0.29) is 29.4 Å². The molecule has 1 amide bonds. The van der Waals surface area contributed by atoms with E-state index in [9.17, 15) is 9.59 Å². The second-order valence-corrected chi connectivity index (χ2v) is 8.29. The quantitative estimate of drug-likeness (QED) is 0.582. The number of nitrogens with one attached hydrogen (secondary N) is 1. The first-order valence-electron chi connectivity index (χ1n) is 9.49. The summed E-state index contributed by atoms with van der Waals surface area (Å²) in [5.74, 6) is 0.551. The highest BCUT2D eigenvalue weighted by atomic mass is 32.2. The van der Waals surface area contributed by atoms with E-state index in [1.54, 1.807) is 10.6 Å². The average molecular weight is 390 g/mol. The summed E-state index contributed by atoms with van der Waals surface area (Å²) < 4.78 is 7.38. The van der Waals surface area contributed by atoms with Crippen molar-refractivity contribution in [3.8, 4) is 0 Å². The van der Waals surface area contributed by atoms with Gasteiger partial charge in [-0.2, -0.15) is 0 Å². The van der Waals surface area contributed by atoms with Gasteiger partial charge < -0.3 is 10.1 Å². The third kappa shape index (κ3) is 4.90. The van der Waals surface area contributed by atoms with Crippen LogP contribution < -0.4 is 10.9 Å². The molecule has 3 rings (SSSR count). The topological polar surface area (TPSA) is 73.2 Å². The van der Waals surface area contributed by atoms with Gasteiger partial charge >= 0.3 is 0 Å². The number of ether oxygens (including phenoxy) is 1. The fourth-order valence-corrected chi connectivity index (χ4v) is 3.82. The molecule has 6 nitrogen and oxygen atoms in total. The molecule has 1 aliphatic rings. The monoisotopic (exact) mass is 389 g/mol. The Morgan fingerprint density at radius 1 is 1.37 bits per heavy atom. The fraction of sp³-hybridized carbons (Fsp3) is 0.550. The van der Waals surface area contributed by atoms with E-state index in [0.717, 1.165) is 19.4 Å². The van der Waals surface area contributed by atoms with Gasteiger partial charge in [0, 0.05) is 12.6 Å². The van der Waals surface area contributed by atoms with Crippen molar-refractivity contribution >= 4 is 28.6 Å². The predicted octanol–water partition coefficient (Wildman–Crippen LogP) is 2.83. The molecule has 1 aromatic carbocycles. The molecule has 0 unspecified atom stereocenters. The second kappa shape index (κ2) is 8.89. The van der Waals surface area contributed by atoms with Gasteiger partial charge in [0.1, 0.15) is 0 Å². The molecule has 2 atom stereocenters. The van der Waals surface area contributed by atoms with Crippen molar-refractivity contribution in [1.82, 2.24) is 14.9 Å². The van der Waals surface area contributed by atoms with Crippen molar-refractivity contribution in [3.05, 3.63) is 34.6 Å². The molecule has 0 radical (unpaired) electrons. The number of aromatic nitrogens is 2. The molecule has 7 heteroatoms. The molecule has 146 valence electrons. The normalized spacial score (nSPS) is 18.1. The van der Waals surface area contributed by atoms with Crippen molar-refractivity contribution in [2.75, 3.05) is 12.4 Å². The summed E-state index contributed by atoms with van der Waals surface area (Å²) in [6.07, 6.45) is 1.98. The van der Waals surface area contributed by atoms with Gasteiger partial charge in [0.25, 0.3) is 5.56 Å². The molecule has 0 aliphatic carbocycles. The highest BCUT2D eigenvalue weighted by Crippen LogP contribution is 2.21. The average Bonchev–Trinajstić information content (AvgIpc) is 3.15. The summed E-state index contributed by atoms with van der Waals surface area (Å²) in [5.41, 5.74) is 0.583. The van der Waals surface area contributed by atoms with Crippen molar-refractivity contribution in [2.24, 2.45) is 5.92 Å². The Hall–Kier alpha value is -1.86. The molecule has 0 spiro atoms. The minimum absolute atomic E-state index is 0.0276. The van der Waals surface area contributed by atoms with Crippen LogP contribution >= 0.6 is 11.8 Å². The first-order valence-corrected chi connectivity index (χ1v) is 10.5. The Kier molecular flexibility index (Phi) is 6.55. The van der Waals surface area contributed by atoms with Gasteiger partial charge in [-0.05, 0) is 37.8 Å². The summed E-state index contributed by atoms with van der Waals surface area (Å²) in [6, 6.07) is 7.44. The molecule has 0 saturated carbocycles. The number of hydrogen-bond donors (Lipinski definition) is 1. The van der Waals surface area contributed by atoms with Crippen LogP contribution in [-0.4, -0.2) is 40.0 Å². The van der Waals surface area contributed by atoms with E-state index >= 15 is 0 Å². The van der Waals surface area contributed by atoms with Gasteiger partial charge in [-0.15, -0.1) is 0 Å². The van der Waals surface area contributed by atoms with Crippen LogP contribution in [0.15, 0.2) is 34.2 Å². The van der Waals surface area contributed by atoms with E-state index in [0.29, 0.717) is 28.5 Å². The summed E-state index contributed by atoms with van der Waals surface area (Å²) in [5, 5.41) is 4.16. The van der Waals surface area contributed by atoms with Crippen molar-refractivity contribution in [1.29, 1.82) is 0 Å². The molecule has 2 heterocycles. The summed E-state index contributed by atoms with van der Waals surface area (Å²) in [6.45, 7) is 7.35. The maximum atomic E-state index is 13.0. The molecule has 1 saturated heterocycles. The number of nitrogens with zero attached hydrogens (tertiary/aromatic N) is 2. The van der Waals surface area contributed by atoms with Gasteiger partial charge in [0.05, 0.1) is 29.3 Å². The largest absolute Gasteiger partial charge is 0.376 e. The molecule has 1 fully saturated rings. The van der Waals surface area contributed by atoms with Crippen LogP contribution in [0.1, 0.15) is 33.6 Å². The Balaban J connectivity index is 1.83. The van der Waals surface area contributed by atoms with Crippen LogP contribution in [0.4, 0.5) is 0 Å².